The van der Waals surface area contributed by atoms with E-state index in [1.54, 1.807) is 9.47 Å². The number of nitrogens with zero attached hydrogens (tertiary/aromatic N) is 2. The molecule has 0 aliphatic carbocycles. The number of pyridine rings is 1. The number of carboxylic acids is 1. The zero-order chi connectivity index (χ0) is 21.8. The van der Waals surface area contributed by atoms with Gasteiger partial charge in [-0.2, -0.15) is 8.42 Å². The maximum Gasteiger partial charge on any atom is 0.397 e. The molecular formula is C19H21FN2O7S. The highest BCUT2D eigenvalue weighted by Crippen LogP contribution is 2.39. The van der Waals surface area contributed by atoms with E-state index < -0.39 is 39.3 Å². The first-order chi connectivity index (χ1) is 14.1. The second kappa shape index (κ2) is 7.33. The molecule has 1 atom stereocenters. The molecule has 9 nitrogen and oxygen atoms in total. The Morgan fingerprint density at radius 1 is 1.27 bits per heavy atom. The molecule has 0 amide bonds. The van der Waals surface area contributed by atoms with E-state index >= 15 is 4.39 Å². The number of benzene rings is 1. The summed E-state index contributed by atoms with van der Waals surface area (Å²) in [6.07, 6.45) is 2.37. The van der Waals surface area contributed by atoms with E-state index in [1.807, 2.05) is 6.92 Å². The van der Waals surface area contributed by atoms with Gasteiger partial charge < -0.3 is 14.6 Å². The Morgan fingerprint density at radius 3 is 2.53 bits per heavy atom. The number of aryl methyl sites for hydroxylation is 1. The van der Waals surface area contributed by atoms with E-state index in [-0.39, 0.29) is 24.3 Å². The summed E-state index contributed by atoms with van der Waals surface area (Å²) >= 11 is 0. The highest BCUT2D eigenvalue weighted by Gasteiger charge is 2.31. The minimum absolute atomic E-state index is 0.0438. The van der Waals surface area contributed by atoms with Gasteiger partial charge >= 0.3 is 16.4 Å². The van der Waals surface area contributed by atoms with Crippen molar-refractivity contribution in [3.05, 3.63) is 39.4 Å². The molecule has 162 valence electrons. The second-order valence-electron chi connectivity index (χ2n) is 7.76. The van der Waals surface area contributed by atoms with Crippen molar-refractivity contribution >= 4 is 33.0 Å². The molecule has 0 spiro atoms. The van der Waals surface area contributed by atoms with Crippen LogP contribution in [0.15, 0.2) is 17.1 Å². The average Bonchev–Trinajstić information content (AvgIpc) is 2.65. The van der Waals surface area contributed by atoms with Gasteiger partial charge in [0.15, 0.2) is 0 Å². The van der Waals surface area contributed by atoms with Crippen LogP contribution in [0.1, 0.15) is 48.1 Å². The molecule has 3 heterocycles. The lowest BCUT2D eigenvalue weighted by atomic mass is 9.93. The van der Waals surface area contributed by atoms with Crippen LogP contribution in [-0.4, -0.2) is 47.8 Å². The first-order valence-electron chi connectivity index (χ1n) is 9.61. The van der Waals surface area contributed by atoms with Crippen molar-refractivity contribution in [3.63, 3.8) is 0 Å². The molecule has 0 unspecified atom stereocenters. The first-order valence-corrected chi connectivity index (χ1v) is 11.0. The zero-order valence-corrected chi connectivity index (χ0v) is 17.0. The number of rotatable bonds is 4. The Bertz CT molecular complexity index is 1200. The molecule has 2 aliphatic heterocycles. The highest BCUT2D eigenvalue weighted by atomic mass is 32.3. The van der Waals surface area contributed by atoms with Crippen LogP contribution in [0, 0.1) is 5.82 Å². The number of halogens is 1. The third-order valence-electron chi connectivity index (χ3n) is 5.87. The minimum Gasteiger partial charge on any atom is -0.477 e. The van der Waals surface area contributed by atoms with Crippen molar-refractivity contribution in [2.24, 2.45) is 0 Å². The number of carbonyl (C=O) groups is 1. The van der Waals surface area contributed by atoms with E-state index in [2.05, 4.69) is 4.18 Å². The van der Waals surface area contributed by atoms with E-state index in [9.17, 15) is 23.1 Å². The topological polar surface area (TPSA) is 126 Å². The van der Waals surface area contributed by atoms with Crippen LogP contribution in [0.2, 0.25) is 0 Å². The lowest BCUT2D eigenvalue weighted by molar-refractivity contribution is 0.0694. The number of aromatic carboxylic acids is 1. The van der Waals surface area contributed by atoms with Gasteiger partial charge in [-0.15, -0.1) is 0 Å². The van der Waals surface area contributed by atoms with Crippen LogP contribution in [0.4, 0.5) is 10.1 Å². The molecule has 30 heavy (non-hydrogen) atoms. The van der Waals surface area contributed by atoms with Crippen LogP contribution >= 0.6 is 0 Å². The van der Waals surface area contributed by atoms with Crippen molar-refractivity contribution < 1.29 is 31.4 Å². The van der Waals surface area contributed by atoms with E-state index in [1.165, 1.54) is 6.20 Å². The van der Waals surface area contributed by atoms with E-state index in [4.69, 9.17) is 4.55 Å². The van der Waals surface area contributed by atoms with Gasteiger partial charge in [0.1, 0.15) is 11.4 Å². The largest absolute Gasteiger partial charge is 0.477 e. The number of piperidine rings is 1. The monoisotopic (exact) mass is 440 g/mol. The van der Waals surface area contributed by atoms with Gasteiger partial charge in [0.2, 0.25) is 5.43 Å². The fraction of sp³-hybridized carbons (Fsp3) is 0.474. The smallest absolute Gasteiger partial charge is 0.397 e. The Morgan fingerprint density at radius 2 is 1.93 bits per heavy atom. The first kappa shape index (κ1) is 20.8. The molecule has 2 aromatic rings. The van der Waals surface area contributed by atoms with Gasteiger partial charge in [-0.1, -0.05) is 0 Å². The van der Waals surface area contributed by atoms with Crippen molar-refractivity contribution in [1.29, 1.82) is 0 Å². The SMILES string of the molecule is C[C@H]1CCc2c(N3CCC(OS(=O)(=O)O)CC3)c(F)cc3c(=O)c(C(=O)O)cn1c23. The summed E-state index contributed by atoms with van der Waals surface area (Å²) in [4.78, 5) is 25.9. The summed E-state index contributed by atoms with van der Waals surface area (Å²) in [5, 5.41) is 9.41. The number of hydrogen-bond donors (Lipinski definition) is 2. The molecule has 4 rings (SSSR count). The fourth-order valence-electron chi connectivity index (χ4n) is 4.48. The Labute approximate surface area is 171 Å². The lowest BCUT2D eigenvalue weighted by Gasteiger charge is -2.36. The van der Waals surface area contributed by atoms with Gasteiger partial charge in [0, 0.05) is 36.3 Å². The molecule has 1 fully saturated rings. The van der Waals surface area contributed by atoms with Crippen molar-refractivity contribution in [2.75, 3.05) is 18.0 Å². The second-order valence-corrected chi connectivity index (χ2v) is 8.81. The quantitative estimate of drug-likeness (QED) is 0.693. The molecular weight excluding hydrogens is 419 g/mol. The molecule has 1 saturated heterocycles. The molecule has 2 aliphatic rings. The van der Waals surface area contributed by atoms with Crippen LogP contribution in [0.3, 0.4) is 0 Å². The number of carboxylic acid groups (broad SMARTS) is 1. The summed E-state index contributed by atoms with van der Waals surface area (Å²) < 4.78 is 52.2. The van der Waals surface area contributed by atoms with Crippen LogP contribution in [0.5, 0.6) is 0 Å². The van der Waals surface area contributed by atoms with Gasteiger partial charge in [-0.25, -0.2) is 13.4 Å². The number of aromatic nitrogens is 1. The molecule has 0 radical (unpaired) electrons. The molecule has 1 aromatic heterocycles. The fourth-order valence-corrected chi connectivity index (χ4v) is 5.01. The molecule has 0 bridgehead atoms. The predicted octanol–water partition coefficient (Wildman–Crippen LogP) is 2.13. The Kier molecular flexibility index (Phi) is 5.07. The van der Waals surface area contributed by atoms with Crippen LogP contribution in [0.25, 0.3) is 10.9 Å². The number of hydrogen-bond acceptors (Lipinski definition) is 6. The number of anilines is 1. The molecule has 0 saturated carbocycles. The van der Waals surface area contributed by atoms with Gasteiger partial charge in [0.25, 0.3) is 0 Å². The molecule has 2 N–H and O–H groups in total. The third kappa shape index (κ3) is 3.57. The maximum absolute atomic E-state index is 15.2. The normalized spacial score (nSPS) is 20.0. The van der Waals surface area contributed by atoms with Crippen molar-refractivity contribution in [1.82, 2.24) is 4.57 Å². The van der Waals surface area contributed by atoms with Crippen LogP contribution < -0.4 is 10.3 Å². The summed E-state index contributed by atoms with van der Waals surface area (Å²) in [5.74, 6) is -1.97. The summed E-state index contributed by atoms with van der Waals surface area (Å²) in [7, 11) is -4.55. The zero-order valence-electron chi connectivity index (χ0n) is 16.2. The molecule has 11 heteroatoms. The van der Waals surface area contributed by atoms with Gasteiger partial charge in [0.05, 0.1) is 17.3 Å². The lowest BCUT2D eigenvalue weighted by Crippen LogP contribution is -2.39. The van der Waals surface area contributed by atoms with Gasteiger partial charge in [-0.05, 0) is 38.7 Å². The van der Waals surface area contributed by atoms with Gasteiger partial charge in [-0.3, -0.25) is 9.35 Å². The minimum atomic E-state index is -4.55. The maximum atomic E-state index is 15.2. The van der Waals surface area contributed by atoms with Crippen molar-refractivity contribution in [2.45, 2.75) is 44.8 Å². The third-order valence-corrected chi connectivity index (χ3v) is 6.39. The Hall–Kier alpha value is -2.50. The summed E-state index contributed by atoms with van der Waals surface area (Å²) in [6.45, 7) is 2.53. The summed E-state index contributed by atoms with van der Waals surface area (Å²) in [5.41, 5.74) is 0.422. The average molecular weight is 440 g/mol. The highest BCUT2D eigenvalue weighted by molar-refractivity contribution is 7.80. The standard InChI is InChI=1S/C19H21FN2O7S/c1-10-2-3-12-16-13(18(23)14(19(24)25)9-22(10)16)8-15(20)17(12)21-6-4-11(5-7-21)29-30(26,27)28/h8-11H,2-7H2,1H3,(H,24,25)(H,26,27,28)/t10-/m0/s1. The summed E-state index contributed by atoms with van der Waals surface area (Å²) in [6, 6.07) is 1.05. The van der Waals surface area contributed by atoms with Crippen LogP contribution in [-0.2, 0) is 21.0 Å². The van der Waals surface area contributed by atoms with E-state index in [0.717, 1.165) is 6.07 Å². The van der Waals surface area contributed by atoms with Crippen molar-refractivity contribution in [3.8, 4) is 0 Å². The predicted molar refractivity (Wildman–Crippen MR) is 106 cm³/mol. The molecule has 1 aromatic carbocycles. The van der Waals surface area contributed by atoms with E-state index in [0.29, 0.717) is 42.7 Å². The Balaban J connectivity index is 1.80.